The van der Waals surface area contributed by atoms with E-state index in [1.807, 2.05) is 25.1 Å². The minimum atomic E-state index is -0.307. The van der Waals surface area contributed by atoms with E-state index in [-0.39, 0.29) is 12.3 Å². The number of hydrogen-bond acceptors (Lipinski definition) is 1. The summed E-state index contributed by atoms with van der Waals surface area (Å²) < 4.78 is 1.000. The number of aryl methyl sites for hydroxylation is 1. The van der Waals surface area contributed by atoms with Crippen LogP contribution in [0.5, 0.6) is 0 Å². The third kappa shape index (κ3) is 1.90. The molecule has 3 nitrogen and oxygen atoms in total. The van der Waals surface area contributed by atoms with Crippen LogP contribution >= 0.6 is 15.9 Å². The molecule has 15 heavy (non-hydrogen) atoms. The molecule has 0 fully saturated rings. The Kier molecular flexibility index (Phi) is 2.52. The molecule has 0 atom stereocenters. The Morgan fingerprint density at radius 1 is 1.53 bits per heavy atom. The number of nitrogens with two attached hydrogens (primary N) is 1. The molecule has 78 valence electrons. The molecule has 0 saturated heterocycles. The van der Waals surface area contributed by atoms with Gasteiger partial charge in [0, 0.05) is 21.1 Å². The van der Waals surface area contributed by atoms with E-state index in [0.717, 1.165) is 26.6 Å². The molecule has 3 N–H and O–H groups in total. The Balaban J connectivity index is 2.65. The van der Waals surface area contributed by atoms with E-state index in [1.54, 1.807) is 0 Å². The molecule has 2 rings (SSSR count). The van der Waals surface area contributed by atoms with Gasteiger partial charge in [-0.15, -0.1) is 0 Å². The van der Waals surface area contributed by atoms with Crippen LogP contribution in [-0.4, -0.2) is 10.9 Å². The fraction of sp³-hybridized carbons (Fsp3) is 0.182. The van der Waals surface area contributed by atoms with Crippen LogP contribution in [0.1, 0.15) is 11.3 Å². The standard InChI is InChI=1S/C11H11BrN2O/c1-6-8(5-11(13)15)9-4-7(12)2-3-10(9)14-6/h2-4,14H,5H2,1H3,(H2,13,15). The minimum Gasteiger partial charge on any atom is -0.369 e. The highest BCUT2D eigenvalue weighted by Crippen LogP contribution is 2.25. The van der Waals surface area contributed by atoms with E-state index in [9.17, 15) is 4.79 Å². The van der Waals surface area contributed by atoms with Crippen molar-refractivity contribution < 1.29 is 4.79 Å². The zero-order chi connectivity index (χ0) is 11.0. The van der Waals surface area contributed by atoms with E-state index in [2.05, 4.69) is 20.9 Å². The van der Waals surface area contributed by atoms with Crippen molar-refractivity contribution in [3.05, 3.63) is 33.9 Å². The van der Waals surface area contributed by atoms with Crippen molar-refractivity contribution in [1.82, 2.24) is 4.98 Å². The number of halogens is 1. The molecule has 2 aromatic rings. The van der Waals surface area contributed by atoms with E-state index >= 15 is 0 Å². The summed E-state index contributed by atoms with van der Waals surface area (Å²) >= 11 is 3.41. The Labute approximate surface area is 95.8 Å². The topological polar surface area (TPSA) is 58.9 Å². The fourth-order valence-electron chi connectivity index (χ4n) is 1.76. The maximum Gasteiger partial charge on any atom is 0.221 e. The molecule has 1 amide bonds. The molecular weight excluding hydrogens is 256 g/mol. The summed E-state index contributed by atoms with van der Waals surface area (Å²) in [5, 5.41) is 1.06. The first kappa shape index (κ1) is 10.2. The van der Waals surface area contributed by atoms with Crippen molar-refractivity contribution in [2.24, 2.45) is 5.73 Å². The van der Waals surface area contributed by atoms with Crippen molar-refractivity contribution in [2.45, 2.75) is 13.3 Å². The van der Waals surface area contributed by atoms with E-state index in [4.69, 9.17) is 5.73 Å². The average Bonchev–Trinajstić information content (AvgIpc) is 2.43. The minimum absolute atomic E-state index is 0.280. The summed E-state index contributed by atoms with van der Waals surface area (Å²) in [6, 6.07) is 5.94. The van der Waals surface area contributed by atoms with Crippen molar-refractivity contribution >= 4 is 32.7 Å². The van der Waals surface area contributed by atoms with Crippen LogP contribution in [-0.2, 0) is 11.2 Å². The molecule has 1 heterocycles. The van der Waals surface area contributed by atoms with Crippen LogP contribution in [0.2, 0.25) is 0 Å². The number of H-pyrrole nitrogens is 1. The highest BCUT2D eigenvalue weighted by Gasteiger charge is 2.10. The van der Waals surface area contributed by atoms with Gasteiger partial charge in [-0.25, -0.2) is 0 Å². The number of rotatable bonds is 2. The number of aromatic amines is 1. The summed E-state index contributed by atoms with van der Waals surface area (Å²) in [5.41, 5.74) is 8.24. The van der Waals surface area contributed by atoms with Crippen molar-refractivity contribution in [3.8, 4) is 0 Å². The summed E-state index contributed by atoms with van der Waals surface area (Å²) in [4.78, 5) is 14.2. The lowest BCUT2D eigenvalue weighted by Gasteiger charge is -1.97. The monoisotopic (exact) mass is 266 g/mol. The molecule has 1 aromatic heterocycles. The predicted molar refractivity (Wildman–Crippen MR) is 63.6 cm³/mol. The van der Waals surface area contributed by atoms with Gasteiger partial charge in [0.15, 0.2) is 0 Å². The molecular formula is C11H11BrN2O. The van der Waals surface area contributed by atoms with Gasteiger partial charge in [0.2, 0.25) is 5.91 Å². The normalized spacial score (nSPS) is 10.8. The van der Waals surface area contributed by atoms with Gasteiger partial charge in [-0.3, -0.25) is 4.79 Å². The summed E-state index contributed by atoms with van der Waals surface area (Å²) in [6.45, 7) is 1.95. The quantitative estimate of drug-likeness (QED) is 0.861. The second-order valence-electron chi connectivity index (χ2n) is 3.56. The number of carbonyl (C=O) groups is 1. The van der Waals surface area contributed by atoms with Gasteiger partial charge >= 0.3 is 0 Å². The lowest BCUT2D eigenvalue weighted by Crippen LogP contribution is -2.13. The number of amides is 1. The van der Waals surface area contributed by atoms with Gasteiger partial charge < -0.3 is 10.7 Å². The van der Waals surface area contributed by atoms with Crippen LogP contribution in [0.15, 0.2) is 22.7 Å². The van der Waals surface area contributed by atoms with E-state index in [0.29, 0.717) is 0 Å². The van der Waals surface area contributed by atoms with Crippen molar-refractivity contribution in [2.75, 3.05) is 0 Å². The van der Waals surface area contributed by atoms with Crippen LogP contribution < -0.4 is 5.73 Å². The largest absolute Gasteiger partial charge is 0.369 e. The molecule has 0 saturated carbocycles. The maximum absolute atomic E-state index is 10.9. The molecule has 0 spiro atoms. The molecule has 4 heteroatoms. The first-order valence-corrected chi connectivity index (χ1v) is 5.42. The van der Waals surface area contributed by atoms with Gasteiger partial charge in [0.25, 0.3) is 0 Å². The highest BCUT2D eigenvalue weighted by molar-refractivity contribution is 9.10. The second kappa shape index (κ2) is 3.70. The highest BCUT2D eigenvalue weighted by atomic mass is 79.9. The third-order valence-corrected chi connectivity index (χ3v) is 2.93. The zero-order valence-corrected chi connectivity index (χ0v) is 9.89. The van der Waals surface area contributed by atoms with Gasteiger partial charge in [-0.05, 0) is 30.7 Å². The molecule has 0 aliphatic carbocycles. The number of carbonyl (C=O) groups excluding carboxylic acids is 1. The van der Waals surface area contributed by atoms with Crippen LogP contribution in [0, 0.1) is 6.92 Å². The smallest absolute Gasteiger partial charge is 0.221 e. The Hall–Kier alpha value is -1.29. The predicted octanol–water partition coefficient (Wildman–Crippen LogP) is 2.27. The third-order valence-electron chi connectivity index (χ3n) is 2.43. The van der Waals surface area contributed by atoms with Crippen LogP contribution in [0.25, 0.3) is 10.9 Å². The SMILES string of the molecule is Cc1[nH]c2ccc(Br)cc2c1CC(N)=O. The van der Waals surface area contributed by atoms with Gasteiger partial charge in [-0.1, -0.05) is 15.9 Å². The summed E-state index contributed by atoms with van der Waals surface area (Å²) in [5.74, 6) is -0.307. The molecule has 0 aliphatic heterocycles. The number of benzene rings is 1. The van der Waals surface area contributed by atoms with E-state index in [1.165, 1.54) is 0 Å². The summed E-state index contributed by atoms with van der Waals surface area (Å²) in [7, 11) is 0. The van der Waals surface area contributed by atoms with Crippen LogP contribution in [0.3, 0.4) is 0 Å². The first-order valence-electron chi connectivity index (χ1n) is 4.63. The second-order valence-corrected chi connectivity index (χ2v) is 4.48. The lowest BCUT2D eigenvalue weighted by atomic mass is 10.1. The number of nitrogens with one attached hydrogen (secondary N) is 1. The Bertz CT molecular complexity index is 531. The van der Waals surface area contributed by atoms with Crippen molar-refractivity contribution in [1.29, 1.82) is 0 Å². The fourth-order valence-corrected chi connectivity index (χ4v) is 2.12. The molecule has 1 aromatic carbocycles. The molecule has 0 radical (unpaired) electrons. The molecule has 0 aliphatic rings. The first-order chi connectivity index (χ1) is 7.08. The van der Waals surface area contributed by atoms with Gasteiger partial charge in [-0.2, -0.15) is 0 Å². The van der Waals surface area contributed by atoms with Gasteiger partial charge in [0.1, 0.15) is 0 Å². The lowest BCUT2D eigenvalue weighted by molar-refractivity contribution is -0.117. The van der Waals surface area contributed by atoms with Crippen molar-refractivity contribution in [3.63, 3.8) is 0 Å². The van der Waals surface area contributed by atoms with E-state index < -0.39 is 0 Å². The molecule has 0 unspecified atom stereocenters. The van der Waals surface area contributed by atoms with Gasteiger partial charge in [0.05, 0.1) is 6.42 Å². The number of fused-ring (bicyclic) bond motifs is 1. The number of hydrogen-bond donors (Lipinski definition) is 2. The van der Waals surface area contributed by atoms with Crippen LogP contribution in [0.4, 0.5) is 0 Å². The maximum atomic E-state index is 10.9. The number of primary amides is 1. The Morgan fingerprint density at radius 3 is 2.93 bits per heavy atom. The summed E-state index contributed by atoms with van der Waals surface area (Å²) in [6.07, 6.45) is 0.280. The Morgan fingerprint density at radius 2 is 2.27 bits per heavy atom. The molecule has 0 bridgehead atoms. The number of aromatic nitrogens is 1. The zero-order valence-electron chi connectivity index (χ0n) is 8.30. The average molecular weight is 267 g/mol.